The number of fused-ring (bicyclic) bond motifs is 2. The lowest BCUT2D eigenvalue weighted by Gasteiger charge is -2.39. The molecule has 0 aliphatic carbocycles. The van der Waals surface area contributed by atoms with Gasteiger partial charge in [0, 0.05) is 44.8 Å². The normalized spacial score (nSPS) is 19.7. The number of piperazine rings is 1. The molecule has 3 saturated heterocycles. The van der Waals surface area contributed by atoms with E-state index in [1.807, 2.05) is 94.7 Å². The van der Waals surface area contributed by atoms with Gasteiger partial charge >= 0.3 is 0 Å². The number of carbonyl (C=O) groups excluding carboxylic acids is 2. The summed E-state index contributed by atoms with van der Waals surface area (Å²) in [6.45, 7) is 4.99. The molecule has 12 nitrogen and oxygen atoms in total. The Morgan fingerprint density at radius 1 is 0.759 bits per heavy atom. The van der Waals surface area contributed by atoms with Crippen molar-refractivity contribution in [3.05, 3.63) is 126 Å². The maximum absolute atomic E-state index is 14.6. The second-order valence-corrected chi connectivity index (χ2v) is 16.0. The smallest absolute Gasteiger partial charge is 0.245 e. The topological polar surface area (TPSA) is 130 Å². The van der Waals surface area contributed by atoms with Crippen LogP contribution in [0.5, 0.6) is 0 Å². The molecule has 7 aromatic rings. The monoisotopic (exact) mass is 773 g/mol. The fourth-order valence-electron chi connectivity index (χ4n) is 9.17. The molecule has 3 atom stereocenters. The van der Waals surface area contributed by atoms with Crippen LogP contribution in [0.3, 0.4) is 0 Å². The molecule has 2 N–H and O–H groups in total. The van der Waals surface area contributed by atoms with E-state index >= 15 is 0 Å². The largest absolute Gasteiger partial charge is 0.436 e. The molecule has 294 valence electrons. The first kappa shape index (κ1) is 36.2. The third kappa shape index (κ3) is 6.86. The van der Waals surface area contributed by atoms with Crippen LogP contribution >= 0.6 is 0 Å². The molecule has 6 heterocycles. The summed E-state index contributed by atoms with van der Waals surface area (Å²) in [5.74, 6) is 2.95. The Hall–Kier alpha value is -6.11. The fourth-order valence-corrected chi connectivity index (χ4v) is 9.17. The number of hydrogen-bond acceptors (Lipinski definition) is 8. The average molecular weight is 774 g/mol. The summed E-state index contributed by atoms with van der Waals surface area (Å²) in [4.78, 5) is 58.5. The highest BCUT2D eigenvalue weighted by atomic mass is 16.4. The second kappa shape index (κ2) is 15.3. The molecule has 4 aromatic carbocycles. The Morgan fingerprint density at radius 3 is 2.26 bits per heavy atom. The van der Waals surface area contributed by atoms with Crippen molar-refractivity contribution < 1.29 is 14.0 Å². The third-order valence-electron chi connectivity index (χ3n) is 12.2. The molecule has 0 bridgehead atoms. The van der Waals surface area contributed by atoms with Gasteiger partial charge in [-0.05, 0) is 74.2 Å². The van der Waals surface area contributed by atoms with Gasteiger partial charge in [0.15, 0.2) is 5.76 Å². The number of likely N-dealkylation sites (N-methyl/N-ethyl adjacent to an activating group) is 1. The maximum atomic E-state index is 14.6. The van der Waals surface area contributed by atoms with E-state index < -0.39 is 0 Å². The zero-order valence-electron chi connectivity index (χ0n) is 32.7. The number of rotatable bonds is 9. The summed E-state index contributed by atoms with van der Waals surface area (Å²) in [5, 5.41) is 0. The standard InChI is InChI=1S/C46H47N9O3/c1-52-23-25-53(26-24-52)42(31-13-6-3-7-14-31)46(57)55-22-10-18-38(55)44-49-35-16-8-15-33(41(35)51-44)45-47-29-39(58-45)32-19-20-34-36(28-32)50-43(48-34)37-17-9-21-54(37)40(56)27-30-11-4-2-5-12-30/h2-8,11-16,19-20,28-29,37-38,42H,9-10,17-18,21-27H2,1H3,(H,48,50)(H,49,51)/t37-,38-,42+/m0/s1. The predicted molar refractivity (Wildman–Crippen MR) is 222 cm³/mol. The van der Waals surface area contributed by atoms with Gasteiger partial charge < -0.3 is 29.1 Å². The van der Waals surface area contributed by atoms with Crippen LogP contribution in [0.1, 0.15) is 66.6 Å². The number of likely N-dealkylation sites (tertiary alicyclic amines) is 2. The predicted octanol–water partition coefficient (Wildman–Crippen LogP) is 7.32. The molecule has 3 aliphatic rings. The molecule has 58 heavy (non-hydrogen) atoms. The highest BCUT2D eigenvalue weighted by Crippen LogP contribution is 2.38. The SMILES string of the molecule is CN1CCN([C@@H](C(=O)N2CCC[C@H]2c2nc3c(-c4ncc(-c5ccc6nc([C@@H]7CCCN7C(=O)Cc7ccccc7)[nH]c6c5)o4)cccc3[nH]2)c2ccccc2)CC1. The van der Waals surface area contributed by atoms with Gasteiger partial charge in [-0.15, -0.1) is 0 Å². The van der Waals surface area contributed by atoms with Gasteiger partial charge in [-0.2, -0.15) is 0 Å². The van der Waals surface area contributed by atoms with Crippen molar-refractivity contribution in [1.82, 2.24) is 44.5 Å². The van der Waals surface area contributed by atoms with Crippen LogP contribution in [0.15, 0.2) is 108 Å². The number of benzene rings is 4. The summed E-state index contributed by atoms with van der Waals surface area (Å²) in [6, 6.07) is 31.5. The quantitative estimate of drug-likeness (QED) is 0.156. The average Bonchev–Trinajstić information content (AvgIpc) is 4.10. The summed E-state index contributed by atoms with van der Waals surface area (Å²) in [5.41, 5.74) is 7.07. The molecule has 12 heteroatoms. The van der Waals surface area contributed by atoms with Gasteiger partial charge in [0.05, 0.1) is 46.8 Å². The van der Waals surface area contributed by atoms with Crippen molar-refractivity contribution in [2.24, 2.45) is 0 Å². The number of hydrogen-bond donors (Lipinski definition) is 2. The van der Waals surface area contributed by atoms with Crippen molar-refractivity contribution in [3.8, 4) is 22.8 Å². The third-order valence-corrected chi connectivity index (χ3v) is 12.2. The van der Waals surface area contributed by atoms with Gasteiger partial charge in [-0.1, -0.05) is 66.7 Å². The molecule has 0 saturated carbocycles. The number of nitrogens with one attached hydrogen (secondary N) is 2. The molecule has 0 spiro atoms. The number of imidazole rings is 2. The zero-order valence-corrected chi connectivity index (χ0v) is 32.7. The van der Waals surface area contributed by atoms with E-state index in [9.17, 15) is 9.59 Å². The minimum atomic E-state index is -0.333. The Bertz CT molecular complexity index is 2570. The Balaban J connectivity index is 0.890. The van der Waals surface area contributed by atoms with E-state index in [1.165, 1.54) is 0 Å². The number of oxazole rings is 1. The molecular weight excluding hydrogens is 727 g/mol. The Labute approximate surface area is 336 Å². The second-order valence-electron chi connectivity index (χ2n) is 16.0. The molecule has 3 aromatic heterocycles. The van der Waals surface area contributed by atoms with Crippen molar-refractivity contribution in [1.29, 1.82) is 0 Å². The first-order valence-electron chi connectivity index (χ1n) is 20.5. The van der Waals surface area contributed by atoms with Crippen LogP contribution in [-0.2, 0) is 16.0 Å². The van der Waals surface area contributed by atoms with E-state index in [2.05, 4.69) is 38.9 Å². The van der Waals surface area contributed by atoms with Gasteiger partial charge in [0.25, 0.3) is 0 Å². The lowest BCUT2D eigenvalue weighted by Crippen LogP contribution is -2.50. The first-order chi connectivity index (χ1) is 28.5. The highest BCUT2D eigenvalue weighted by molar-refractivity contribution is 5.90. The van der Waals surface area contributed by atoms with Crippen molar-refractivity contribution in [3.63, 3.8) is 0 Å². The summed E-state index contributed by atoms with van der Waals surface area (Å²) in [7, 11) is 2.14. The van der Waals surface area contributed by atoms with Crippen LogP contribution in [0, 0.1) is 0 Å². The molecule has 0 radical (unpaired) electrons. The number of nitrogens with zero attached hydrogens (tertiary/aromatic N) is 7. The number of para-hydroxylation sites is 1. The van der Waals surface area contributed by atoms with E-state index in [0.717, 1.165) is 114 Å². The van der Waals surface area contributed by atoms with Crippen molar-refractivity contribution in [2.75, 3.05) is 46.3 Å². The van der Waals surface area contributed by atoms with E-state index in [-0.39, 0.29) is 29.9 Å². The van der Waals surface area contributed by atoms with E-state index in [4.69, 9.17) is 19.4 Å². The number of amides is 2. The van der Waals surface area contributed by atoms with Gasteiger partial charge in [-0.25, -0.2) is 15.0 Å². The molecular formula is C46H47N9O3. The summed E-state index contributed by atoms with van der Waals surface area (Å²) >= 11 is 0. The van der Waals surface area contributed by atoms with Crippen LogP contribution in [0.4, 0.5) is 0 Å². The zero-order chi connectivity index (χ0) is 39.2. The summed E-state index contributed by atoms with van der Waals surface area (Å²) in [6.07, 6.45) is 5.71. The minimum absolute atomic E-state index is 0.0835. The van der Waals surface area contributed by atoms with Crippen molar-refractivity contribution >= 4 is 33.9 Å². The Morgan fingerprint density at radius 2 is 1.47 bits per heavy atom. The van der Waals surface area contributed by atoms with E-state index in [0.29, 0.717) is 24.6 Å². The minimum Gasteiger partial charge on any atom is -0.436 e. The van der Waals surface area contributed by atoms with Crippen LogP contribution < -0.4 is 0 Å². The maximum Gasteiger partial charge on any atom is 0.245 e. The molecule has 3 fully saturated rings. The molecule has 0 unspecified atom stereocenters. The van der Waals surface area contributed by atoms with Crippen molar-refractivity contribution in [2.45, 2.75) is 50.2 Å². The fraction of sp³-hybridized carbons (Fsp3) is 0.326. The number of H-pyrrole nitrogens is 2. The van der Waals surface area contributed by atoms with Crippen LogP contribution in [0.2, 0.25) is 0 Å². The number of aromatic nitrogens is 5. The van der Waals surface area contributed by atoms with Gasteiger partial charge in [0.2, 0.25) is 17.7 Å². The van der Waals surface area contributed by atoms with Gasteiger partial charge in [0.1, 0.15) is 23.2 Å². The Kier molecular flexibility index (Phi) is 9.58. The molecule has 10 rings (SSSR count). The highest BCUT2D eigenvalue weighted by Gasteiger charge is 2.39. The number of aromatic amines is 2. The van der Waals surface area contributed by atoms with E-state index in [1.54, 1.807) is 6.20 Å². The summed E-state index contributed by atoms with van der Waals surface area (Å²) < 4.78 is 6.45. The molecule has 2 amide bonds. The van der Waals surface area contributed by atoms with Gasteiger partial charge in [-0.3, -0.25) is 14.5 Å². The lowest BCUT2D eigenvalue weighted by atomic mass is 10.0. The lowest BCUT2D eigenvalue weighted by molar-refractivity contribution is -0.139. The number of carbonyl (C=O) groups is 2. The first-order valence-corrected chi connectivity index (χ1v) is 20.5. The molecule has 3 aliphatic heterocycles. The van der Waals surface area contributed by atoms with Crippen LogP contribution in [-0.4, -0.2) is 103 Å². The van der Waals surface area contributed by atoms with Crippen LogP contribution in [0.25, 0.3) is 44.8 Å².